The minimum atomic E-state index is -0.111. The maximum atomic E-state index is 5.28. The summed E-state index contributed by atoms with van der Waals surface area (Å²) in [6.45, 7) is 4.72. The maximum absolute atomic E-state index is 5.28. The summed E-state index contributed by atoms with van der Waals surface area (Å²) in [6.07, 6.45) is 1.84. The zero-order chi connectivity index (χ0) is 34.1. The highest BCUT2D eigenvalue weighted by atomic mass is 14.9. The predicted octanol–water partition coefficient (Wildman–Crippen LogP) is 12.3. The Balaban J connectivity index is 1.15. The van der Waals surface area contributed by atoms with Gasteiger partial charge in [0, 0.05) is 33.7 Å². The Kier molecular flexibility index (Phi) is 6.53. The lowest BCUT2D eigenvalue weighted by Gasteiger charge is -2.22. The molecule has 0 saturated carbocycles. The molecule has 0 amide bonds. The van der Waals surface area contributed by atoms with Crippen molar-refractivity contribution in [3.63, 3.8) is 0 Å². The number of fused-ring (bicyclic) bond motifs is 7. The first-order valence-corrected chi connectivity index (χ1v) is 17.5. The van der Waals surface area contributed by atoms with Gasteiger partial charge in [-0.2, -0.15) is 0 Å². The molecular formula is C48H33N3. The fraction of sp³-hybridized carbons (Fsp3) is 0.0625. The standard InChI is InChI=1S/C48H33N3/c1-48(2)41-26-22-30-12-6-7-15-34(30)46(41)40-23-21-32(28-42(40)48)33-24-25-39(36-17-9-8-16-35(33)36)47-50-44(31-13-4-3-5-14-31)29-45(51-47)38-18-10-20-43-37(38)19-11-27-49-43/h3-29H,1-2H3. The van der Waals surface area contributed by atoms with E-state index in [1.54, 1.807) is 0 Å². The Labute approximate surface area is 297 Å². The van der Waals surface area contributed by atoms with E-state index in [-0.39, 0.29) is 5.41 Å². The van der Waals surface area contributed by atoms with Gasteiger partial charge in [0.05, 0.1) is 16.9 Å². The molecule has 10 rings (SSSR count). The van der Waals surface area contributed by atoms with Crippen molar-refractivity contribution in [1.29, 1.82) is 0 Å². The van der Waals surface area contributed by atoms with Gasteiger partial charge < -0.3 is 0 Å². The summed E-state index contributed by atoms with van der Waals surface area (Å²) < 4.78 is 0. The van der Waals surface area contributed by atoms with E-state index in [9.17, 15) is 0 Å². The van der Waals surface area contributed by atoms with E-state index in [1.165, 1.54) is 49.5 Å². The third-order valence-electron chi connectivity index (χ3n) is 10.8. The lowest BCUT2D eigenvalue weighted by Crippen LogP contribution is -2.15. The molecule has 0 atom stereocenters. The van der Waals surface area contributed by atoms with Crippen molar-refractivity contribution in [2.24, 2.45) is 0 Å². The average Bonchev–Trinajstić information content (AvgIpc) is 3.43. The van der Waals surface area contributed by atoms with Crippen molar-refractivity contribution in [2.75, 3.05) is 0 Å². The lowest BCUT2D eigenvalue weighted by molar-refractivity contribution is 0.661. The highest BCUT2D eigenvalue weighted by molar-refractivity contribution is 6.06. The van der Waals surface area contributed by atoms with Gasteiger partial charge in [-0.05, 0) is 85.3 Å². The summed E-state index contributed by atoms with van der Waals surface area (Å²) in [5.74, 6) is 0.701. The highest BCUT2D eigenvalue weighted by Gasteiger charge is 2.36. The van der Waals surface area contributed by atoms with Gasteiger partial charge in [0.15, 0.2) is 5.82 Å². The van der Waals surface area contributed by atoms with E-state index in [2.05, 4.69) is 158 Å². The van der Waals surface area contributed by atoms with E-state index in [1.807, 2.05) is 24.4 Å². The van der Waals surface area contributed by atoms with Crippen molar-refractivity contribution in [3.8, 4) is 56.2 Å². The second-order valence-corrected chi connectivity index (χ2v) is 14.0. The molecule has 7 aromatic carbocycles. The minimum Gasteiger partial charge on any atom is -0.256 e. The number of hydrogen-bond donors (Lipinski definition) is 0. The third kappa shape index (κ3) is 4.62. The van der Waals surface area contributed by atoms with Gasteiger partial charge in [-0.25, -0.2) is 9.97 Å². The second-order valence-electron chi connectivity index (χ2n) is 14.0. The van der Waals surface area contributed by atoms with Crippen LogP contribution < -0.4 is 0 Å². The van der Waals surface area contributed by atoms with E-state index in [4.69, 9.17) is 9.97 Å². The fourth-order valence-corrected chi connectivity index (χ4v) is 8.21. The second kappa shape index (κ2) is 11.3. The number of benzene rings is 7. The zero-order valence-electron chi connectivity index (χ0n) is 28.4. The number of pyridine rings is 1. The molecule has 2 aromatic heterocycles. The Morgan fingerprint density at radius 1 is 0.431 bits per heavy atom. The smallest absolute Gasteiger partial charge is 0.161 e. The first-order valence-electron chi connectivity index (χ1n) is 17.5. The van der Waals surface area contributed by atoms with Crippen molar-refractivity contribution < 1.29 is 0 Å². The quantitative estimate of drug-likeness (QED) is 0.190. The molecule has 0 radical (unpaired) electrons. The van der Waals surface area contributed by atoms with Crippen LogP contribution in [0.25, 0.3) is 88.6 Å². The van der Waals surface area contributed by atoms with E-state index < -0.39 is 0 Å². The highest BCUT2D eigenvalue weighted by Crippen LogP contribution is 2.52. The normalized spacial score (nSPS) is 13.1. The monoisotopic (exact) mass is 651 g/mol. The van der Waals surface area contributed by atoms with Gasteiger partial charge in [-0.3, -0.25) is 4.98 Å². The molecule has 0 unspecified atom stereocenters. The number of aromatic nitrogens is 3. The van der Waals surface area contributed by atoms with Crippen LogP contribution in [0.1, 0.15) is 25.0 Å². The number of rotatable bonds is 4. The molecule has 9 aromatic rings. The molecule has 0 fully saturated rings. The van der Waals surface area contributed by atoms with Crippen LogP contribution in [0, 0.1) is 0 Å². The Hall–Kier alpha value is -6.45. The maximum Gasteiger partial charge on any atom is 0.161 e. The largest absolute Gasteiger partial charge is 0.256 e. The van der Waals surface area contributed by atoms with Crippen LogP contribution in [0.5, 0.6) is 0 Å². The summed E-state index contributed by atoms with van der Waals surface area (Å²) in [6, 6.07) is 56.3. The molecule has 1 aliphatic rings. The lowest BCUT2D eigenvalue weighted by atomic mass is 9.81. The van der Waals surface area contributed by atoms with E-state index >= 15 is 0 Å². The summed E-state index contributed by atoms with van der Waals surface area (Å²) >= 11 is 0. The van der Waals surface area contributed by atoms with Crippen molar-refractivity contribution >= 4 is 32.4 Å². The van der Waals surface area contributed by atoms with Crippen LogP contribution in [0.15, 0.2) is 164 Å². The van der Waals surface area contributed by atoms with Gasteiger partial charge >= 0.3 is 0 Å². The van der Waals surface area contributed by atoms with E-state index in [0.717, 1.165) is 44.4 Å². The molecular weight excluding hydrogens is 619 g/mol. The third-order valence-corrected chi connectivity index (χ3v) is 10.8. The van der Waals surface area contributed by atoms with Crippen molar-refractivity contribution in [1.82, 2.24) is 15.0 Å². The SMILES string of the molecule is CC1(C)c2cc(-c3ccc(-c4nc(-c5ccccc5)cc(-c5cccc6ncccc56)n4)c4ccccc34)ccc2-c2c1ccc1ccccc21. The first-order chi connectivity index (χ1) is 25.0. The number of hydrogen-bond acceptors (Lipinski definition) is 3. The van der Waals surface area contributed by atoms with Crippen LogP contribution >= 0.6 is 0 Å². The zero-order valence-corrected chi connectivity index (χ0v) is 28.4. The molecule has 51 heavy (non-hydrogen) atoms. The Morgan fingerprint density at radius 2 is 1.14 bits per heavy atom. The van der Waals surface area contributed by atoms with Crippen molar-refractivity contribution in [3.05, 3.63) is 175 Å². The fourth-order valence-electron chi connectivity index (χ4n) is 8.21. The van der Waals surface area contributed by atoms with Gasteiger partial charge in [0.25, 0.3) is 0 Å². The van der Waals surface area contributed by atoms with Crippen molar-refractivity contribution in [2.45, 2.75) is 19.3 Å². The molecule has 1 aliphatic carbocycles. The minimum absolute atomic E-state index is 0.111. The molecule has 3 nitrogen and oxygen atoms in total. The van der Waals surface area contributed by atoms with Gasteiger partial charge in [0.2, 0.25) is 0 Å². The summed E-state index contributed by atoms with van der Waals surface area (Å²) in [7, 11) is 0. The summed E-state index contributed by atoms with van der Waals surface area (Å²) in [4.78, 5) is 15.1. The van der Waals surface area contributed by atoms with Gasteiger partial charge in [0.1, 0.15) is 0 Å². The summed E-state index contributed by atoms with van der Waals surface area (Å²) in [5, 5.41) is 5.97. The molecule has 2 heterocycles. The Bertz CT molecular complexity index is 2830. The predicted molar refractivity (Wildman–Crippen MR) is 212 cm³/mol. The van der Waals surface area contributed by atoms with Gasteiger partial charge in [-0.15, -0.1) is 0 Å². The van der Waals surface area contributed by atoms with Crippen LogP contribution in [-0.2, 0) is 5.41 Å². The first kappa shape index (κ1) is 29.5. The van der Waals surface area contributed by atoms with E-state index in [0.29, 0.717) is 5.82 Å². The Morgan fingerprint density at radius 3 is 2.00 bits per heavy atom. The molecule has 0 bridgehead atoms. The average molecular weight is 652 g/mol. The van der Waals surface area contributed by atoms with Crippen LogP contribution in [0.2, 0.25) is 0 Å². The molecule has 0 saturated heterocycles. The molecule has 3 heteroatoms. The summed E-state index contributed by atoms with van der Waals surface area (Å²) in [5.41, 5.74) is 13.6. The molecule has 0 N–H and O–H groups in total. The molecule has 0 spiro atoms. The topological polar surface area (TPSA) is 38.7 Å². The number of nitrogens with zero attached hydrogens (tertiary/aromatic N) is 3. The van der Waals surface area contributed by atoms with Gasteiger partial charge in [-0.1, -0.05) is 141 Å². The van der Waals surface area contributed by atoms with Crippen LogP contribution in [0.3, 0.4) is 0 Å². The van der Waals surface area contributed by atoms with Crippen LogP contribution in [0.4, 0.5) is 0 Å². The molecule has 0 aliphatic heterocycles. The molecule has 240 valence electrons. The van der Waals surface area contributed by atoms with Crippen LogP contribution in [-0.4, -0.2) is 15.0 Å².